The molecule has 0 bridgehead atoms. The van der Waals surface area contributed by atoms with Crippen LogP contribution in [0.2, 0.25) is 0 Å². The van der Waals surface area contributed by atoms with Crippen LogP contribution < -0.4 is 0 Å². The van der Waals surface area contributed by atoms with E-state index in [1.54, 1.807) is 0 Å². The van der Waals surface area contributed by atoms with Crippen molar-refractivity contribution in [2.45, 2.75) is 109 Å². The first-order chi connectivity index (χ1) is 15.3. The fraction of sp³-hybridized carbons (Fsp3) is 1.00. The summed E-state index contributed by atoms with van der Waals surface area (Å²) in [4.78, 5) is 31.3. The molecular formula is C21H48O9P2. The summed E-state index contributed by atoms with van der Waals surface area (Å²) in [6.45, 7) is 1.09. The van der Waals surface area contributed by atoms with Crippen molar-refractivity contribution in [3.05, 3.63) is 0 Å². The summed E-state index contributed by atoms with van der Waals surface area (Å²) in [5, 5.41) is 37.9. The van der Waals surface area contributed by atoms with Crippen LogP contribution in [0.3, 0.4) is 0 Å². The van der Waals surface area contributed by atoms with E-state index in [4.69, 9.17) is 19.6 Å². The van der Waals surface area contributed by atoms with Crippen molar-refractivity contribution >= 4 is 17.2 Å². The van der Waals surface area contributed by atoms with Crippen molar-refractivity contribution in [1.29, 1.82) is 0 Å². The van der Waals surface area contributed by atoms with E-state index in [1.165, 1.54) is 77.0 Å². The molecule has 0 rings (SSSR count). The summed E-state index contributed by atoms with van der Waals surface area (Å²) >= 11 is 0. The molecule has 196 valence electrons. The Kier molecular flexibility index (Phi) is 26.7. The first-order valence-electron chi connectivity index (χ1n) is 11.8. The average molecular weight is 507 g/mol. The zero-order valence-corrected chi connectivity index (χ0v) is 21.5. The largest absolute Gasteiger partial charge is 0.396 e. The van der Waals surface area contributed by atoms with Gasteiger partial charge < -0.3 is 40.0 Å². The van der Waals surface area contributed by atoms with Crippen molar-refractivity contribution in [1.82, 2.24) is 0 Å². The number of hydrogen-bond donors (Lipinski definition) is 8. The summed E-state index contributed by atoms with van der Waals surface area (Å²) < 4.78 is 3.60. The first kappa shape index (κ1) is 34.7. The minimum atomic E-state index is -2.61. The highest BCUT2D eigenvalue weighted by Crippen LogP contribution is 2.41. The van der Waals surface area contributed by atoms with E-state index in [-0.39, 0.29) is 19.8 Å². The maximum Gasteiger partial charge on any atom is 0.334 e. The molecule has 11 heteroatoms. The second kappa shape index (κ2) is 24.6. The van der Waals surface area contributed by atoms with Crippen molar-refractivity contribution in [3.63, 3.8) is 0 Å². The lowest BCUT2D eigenvalue weighted by Gasteiger charge is -2.32. The molecule has 0 aliphatic rings. The van der Waals surface area contributed by atoms with Crippen LogP contribution in [0.15, 0.2) is 0 Å². The van der Waals surface area contributed by atoms with Gasteiger partial charge in [0.2, 0.25) is 0 Å². The Morgan fingerprint density at radius 2 is 0.906 bits per heavy atom. The first-order valence-corrected chi connectivity index (χ1v) is 14.2. The molecule has 32 heavy (non-hydrogen) atoms. The fourth-order valence-electron chi connectivity index (χ4n) is 3.37. The molecule has 0 radical (unpaired) electrons. The Bertz CT molecular complexity index is 359. The van der Waals surface area contributed by atoms with Gasteiger partial charge in [0.05, 0.1) is 31.3 Å². The predicted molar refractivity (Wildman–Crippen MR) is 128 cm³/mol. The van der Waals surface area contributed by atoms with Crippen LogP contribution in [-0.4, -0.2) is 65.9 Å². The minimum absolute atomic E-state index is 0.389. The van der Waals surface area contributed by atoms with Gasteiger partial charge in [0.15, 0.2) is 0 Å². The highest BCUT2D eigenvalue weighted by molar-refractivity contribution is 7.53. The standard InChI is InChI=1S/C21H44O4.H4O5P2/c1-2-3-4-5-6-7-8-9-10-11-12-13-14-15-16-20(25)21(17-22,18-23)19-24;1-6(2)5-7(3)4/h20,22-25H,2-19H2,1H3;1-4H. The molecule has 0 aliphatic carbocycles. The van der Waals surface area contributed by atoms with Crippen LogP contribution in [0.5, 0.6) is 0 Å². The van der Waals surface area contributed by atoms with Gasteiger partial charge in [-0.3, -0.25) is 0 Å². The summed E-state index contributed by atoms with van der Waals surface area (Å²) in [6, 6.07) is 0. The lowest BCUT2D eigenvalue weighted by atomic mass is 9.82. The quantitative estimate of drug-likeness (QED) is 0.0855. The molecule has 0 saturated heterocycles. The van der Waals surface area contributed by atoms with Crippen molar-refractivity contribution < 1.29 is 44.3 Å². The fourth-order valence-corrected chi connectivity index (χ4v) is 3.89. The number of aliphatic hydroxyl groups excluding tert-OH is 4. The summed E-state index contributed by atoms with van der Waals surface area (Å²) in [7, 11) is -5.22. The normalized spacial score (nSPS) is 12.8. The average Bonchev–Trinajstić information content (AvgIpc) is 2.75. The Morgan fingerprint density at radius 1 is 0.594 bits per heavy atom. The van der Waals surface area contributed by atoms with Crippen molar-refractivity contribution in [2.24, 2.45) is 5.41 Å². The van der Waals surface area contributed by atoms with E-state index >= 15 is 0 Å². The molecule has 0 aromatic rings. The second-order valence-electron chi connectivity index (χ2n) is 8.32. The van der Waals surface area contributed by atoms with Crippen LogP contribution >= 0.6 is 17.2 Å². The zero-order chi connectivity index (χ0) is 24.7. The molecule has 8 N–H and O–H groups in total. The molecule has 0 aromatic heterocycles. The lowest BCUT2D eigenvalue weighted by Crippen LogP contribution is -2.45. The third kappa shape index (κ3) is 21.1. The Hall–Kier alpha value is 0.500. The molecule has 0 fully saturated rings. The van der Waals surface area contributed by atoms with E-state index < -0.39 is 28.7 Å². The summed E-state index contributed by atoms with van der Waals surface area (Å²) in [5.74, 6) is 0. The minimum Gasteiger partial charge on any atom is -0.396 e. The van der Waals surface area contributed by atoms with Gasteiger partial charge in [0, 0.05) is 0 Å². The van der Waals surface area contributed by atoms with Gasteiger partial charge in [-0.2, -0.15) is 0 Å². The molecule has 1 unspecified atom stereocenters. The zero-order valence-electron chi connectivity index (χ0n) is 19.7. The predicted octanol–water partition coefficient (Wildman–Crippen LogP) is 3.61. The van der Waals surface area contributed by atoms with E-state index in [1.807, 2.05) is 0 Å². The molecule has 0 heterocycles. The third-order valence-corrected chi connectivity index (χ3v) is 6.80. The molecule has 0 amide bonds. The molecule has 0 spiro atoms. The van der Waals surface area contributed by atoms with Crippen LogP contribution in [0, 0.1) is 5.41 Å². The summed E-state index contributed by atoms with van der Waals surface area (Å²) in [6.07, 6.45) is 17.7. The molecule has 9 nitrogen and oxygen atoms in total. The molecule has 0 aromatic carbocycles. The summed E-state index contributed by atoms with van der Waals surface area (Å²) in [5.41, 5.74) is -1.16. The Morgan fingerprint density at radius 3 is 1.16 bits per heavy atom. The van der Waals surface area contributed by atoms with Crippen LogP contribution in [0.25, 0.3) is 0 Å². The van der Waals surface area contributed by atoms with E-state index in [9.17, 15) is 20.4 Å². The van der Waals surface area contributed by atoms with Gasteiger partial charge >= 0.3 is 17.2 Å². The van der Waals surface area contributed by atoms with Crippen molar-refractivity contribution in [3.8, 4) is 0 Å². The van der Waals surface area contributed by atoms with Gasteiger partial charge in [0.25, 0.3) is 0 Å². The van der Waals surface area contributed by atoms with Crippen LogP contribution in [0.1, 0.15) is 103 Å². The van der Waals surface area contributed by atoms with Gasteiger partial charge in [-0.1, -0.05) is 96.8 Å². The number of unbranched alkanes of at least 4 members (excludes halogenated alkanes) is 13. The Balaban J connectivity index is 0. The lowest BCUT2D eigenvalue weighted by molar-refractivity contribution is -0.0863. The second-order valence-corrected chi connectivity index (χ2v) is 9.99. The molecule has 1 atom stereocenters. The van der Waals surface area contributed by atoms with Gasteiger partial charge in [0.1, 0.15) is 0 Å². The maximum atomic E-state index is 10.1. The highest BCUT2D eigenvalue weighted by Gasteiger charge is 2.35. The van der Waals surface area contributed by atoms with Crippen molar-refractivity contribution in [2.75, 3.05) is 19.8 Å². The van der Waals surface area contributed by atoms with Crippen LogP contribution in [0.4, 0.5) is 0 Å². The van der Waals surface area contributed by atoms with Gasteiger partial charge in [-0.05, 0) is 6.42 Å². The van der Waals surface area contributed by atoms with E-state index in [0.717, 1.165) is 12.8 Å². The molecule has 0 aliphatic heterocycles. The third-order valence-electron chi connectivity index (χ3n) is 5.63. The topological polar surface area (TPSA) is 171 Å². The van der Waals surface area contributed by atoms with E-state index in [0.29, 0.717) is 6.42 Å². The van der Waals surface area contributed by atoms with Gasteiger partial charge in [-0.15, -0.1) is 0 Å². The monoisotopic (exact) mass is 506 g/mol. The van der Waals surface area contributed by atoms with Gasteiger partial charge in [-0.25, -0.2) is 4.31 Å². The van der Waals surface area contributed by atoms with E-state index in [2.05, 4.69) is 11.2 Å². The number of aliphatic hydroxyl groups is 4. The van der Waals surface area contributed by atoms with Crippen LogP contribution in [-0.2, 0) is 4.31 Å². The smallest absolute Gasteiger partial charge is 0.334 e. The maximum absolute atomic E-state index is 10.1. The molecule has 0 saturated carbocycles. The molecular weight excluding hydrogens is 458 g/mol. The SMILES string of the molecule is CCCCCCCCCCCCCCCCC(O)C(CO)(CO)CO.OP(O)OP(O)O. The Labute approximate surface area is 196 Å². The number of rotatable bonds is 21. The number of hydrogen-bond acceptors (Lipinski definition) is 9. The highest BCUT2D eigenvalue weighted by atomic mass is 31.2.